The number of hydrogen-bond acceptors (Lipinski definition) is 3. The number of carbonyl (C=O) groups is 1. The Hall–Kier alpha value is -2.11. The van der Waals surface area contributed by atoms with Gasteiger partial charge in [-0.05, 0) is 31.0 Å². The molecule has 0 aliphatic carbocycles. The van der Waals surface area contributed by atoms with Crippen LogP contribution in [0.3, 0.4) is 0 Å². The van der Waals surface area contributed by atoms with E-state index >= 15 is 0 Å². The number of aliphatic hydroxyl groups excluding tert-OH is 1. The summed E-state index contributed by atoms with van der Waals surface area (Å²) in [5, 5.41) is 9.63. The molecule has 1 aromatic heterocycles. The van der Waals surface area contributed by atoms with Crippen molar-refractivity contribution in [2.45, 2.75) is 19.9 Å². The molecule has 1 aromatic carbocycles. The van der Waals surface area contributed by atoms with Crippen LogP contribution in [0.4, 0.5) is 0 Å². The lowest BCUT2D eigenvalue weighted by molar-refractivity contribution is 0.0730. The number of pyridine rings is 1. The van der Waals surface area contributed by atoms with Crippen LogP contribution in [-0.2, 0) is 6.54 Å². The molecule has 5 nitrogen and oxygen atoms in total. The summed E-state index contributed by atoms with van der Waals surface area (Å²) in [6, 6.07) is 8.61. The van der Waals surface area contributed by atoms with E-state index in [1.807, 2.05) is 12.1 Å². The van der Waals surface area contributed by atoms with Crippen molar-refractivity contribution in [3.05, 3.63) is 68.6 Å². The summed E-state index contributed by atoms with van der Waals surface area (Å²) in [5.74, 6) is -0.361. The lowest BCUT2D eigenvalue weighted by atomic mass is 10.1. The maximum Gasteiger partial charge on any atom is 0.259 e. The third-order valence-corrected chi connectivity index (χ3v) is 3.66. The third kappa shape index (κ3) is 4.68. The smallest absolute Gasteiger partial charge is 0.259 e. The minimum absolute atomic E-state index is 0.0242. The van der Waals surface area contributed by atoms with Gasteiger partial charge in [0, 0.05) is 42.7 Å². The molecule has 23 heavy (non-hydrogen) atoms. The van der Waals surface area contributed by atoms with E-state index < -0.39 is 0 Å². The highest BCUT2D eigenvalue weighted by Gasteiger charge is 2.19. The molecular formula is C17H19ClN2O3. The van der Waals surface area contributed by atoms with Gasteiger partial charge in [0.2, 0.25) is 0 Å². The maximum atomic E-state index is 12.7. The normalized spacial score (nSPS) is 10.6. The number of hydrogen-bond donors (Lipinski definition) is 2. The summed E-state index contributed by atoms with van der Waals surface area (Å²) < 4.78 is 0. The first kappa shape index (κ1) is 17.2. The second-order valence-electron chi connectivity index (χ2n) is 5.33. The molecule has 1 amide bonds. The molecule has 2 aromatic rings. The van der Waals surface area contributed by atoms with Gasteiger partial charge >= 0.3 is 0 Å². The van der Waals surface area contributed by atoms with E-state index in [2.05, 4.69) is 4.98 Å². The first-order valence-corrected chi connectivity index (χ1v) is 7.73. The van der Waals surface area contributed by atoms with Gasteiger partial charge in [0.05, 0.1) is 0 Å². The van der Waals surface area contributed by atoms with E-state index in [1.165, 1.54) is 12.3 Å². The molecule has 1 heterocycles. The monoisotopic (exact) mass is 334 g/mol. The van der Waals surface area contributed by atoms with Gasteiger partial charge in [0.15, 0.2) is 5.43 Å². The lowest BCUT2D eigenvalue weighted by Gasteiger charge is -2.22. The number of H-pyrrole nitrogens is 1. The van der Waals surface area contributed by atoms with Gasteiger partial charge in [-0.3, -0.25) is 9.59 Å². The summed E-state index contributed by atoms with van der Waals surface area (Å²) in [7, 11) is 0. The van der Waals surface area contributed by atoms with Gasteiger partial charge in [0.25, 0.3) is 5.91 Å². The van der Waals surface area contributed by atoms with Gasteiger partial charge in [0.1, 0.15) is 5.56 Å². The number of aromatic amines is 1. The second kappa shape index (κ2) is 7.94. The van der Waals surface area contributed by atoms with Crippen LogP contribution >= 0.6 is 11.6 Å². The second-order valence-corrected chi connectivity index (χ2v) is 5.76. The first-order chi connectivity index (χ1) is 11.0. The summed E-state index contributed by atoms with van der Waals surface area (Å²) in [4.78, 5) is 29.1. The average molecular weight is 335 g/mol. The van der Waals surface area contributed by atoms with E-state index in [0.717, 1.165) is 5.56 Å². The van der Waals surface area contributed by atoms with Crippen molar-refractivity contribution < 1.29 is 9.90 Å². The molecule has 0 bridgehead atoms. The number of carbonyl (C=O) groups excluding carboxylic acids is 1. The van der Waals surface area contributed by atoms with Crippen molar-refractivity contribution in [3.8, 4) is 0 Å². The van der Waals surface area contributed by atoms with Crippen molar-refractivity contribution in [1.82, 2.24) is 9.88 Å². The van der Waals surface area contributed by atoms with Crippen LogP contribution in [0, 0.1) is 6.92 Å². The van der Waals surface area contributed by atoms with Crippen LogP contribution in [0.5, 0.6) is 0 Å². The van der Waals surface area contributed by atoms with E-state index in [-0.39, 0.29) is 23.5 Å². The van der Waals surface area contributed by atoms with E-state index in [0.29, 0.717) is 30.2 Å². The minimum Gasteiger partial charge on any atom is -0.396 e. The molecule has 6 heteroatoms. The number of rotatable bonds is 6. The Labute approximate surface area is 139 Å². The maximum absolute atomic E-state index is 12.7. The number of halogens is 1. The fourth-order valence-corrected chi connectivity index (χ4v) is 2.49. The van der Waals surface area contributed by atoms with Crippen molar-refractivity contribution in [3.63, 3.8) is 0 Å². The van der Waals surface area contributed by atoms with Crippen LogP contribution in [0.15, 0.2) is 41.3 Å². The molecule has 122 valence electrons. The molecule has 2 rings (SSSR count). The highest BCUT2D eigenvalue weighted by molar-refractivity contribution is 6.30. The zero-order valence-electron chi connectivity index (χ0n) is 12.9. The molecule has 2 N–H and O–H groups in total. The Balaban J connectivity index is 2.26. The van der Waals surface area contributed by atoms with E-state index in [4.69, 9.17) is 16.7 Å². The molecule has 0 aliphatic rings. The fourth-order valence-electron chi connectivity index (χ4n) is 2.28. The van der Waals surface area contributed by atoms with Crippen LogP contribution in [0.2, 0.25) is 5.02 Å². The SMILES string of the molecule is Cc1cc(=O)c(C(=O)N(CCCO)Cc2cccc(Cl)c2)c[nH]1. The molecule has 0 radical (unpaired) electrons. The molecule has 0 unspecified atom stereocenters. The largest absolute Gasteiger partial charge is 0.396 e. The fraction of sp³-hybridized carbons (Fsp3) is 0.294. The Morgan fingerprint density at radius 1 is 1.35 bits per heavy atom. The molecule has 0 saturated heterocycles. The van der Waals surface area contributed by atoms with Gasteiger partial charge in [-0.15, -0.1) is 0 Å². The standard InChI is InChI=1S/C17H19ClN2O3/c1-12-8-16(22)15(10-19-12)17(23)20(6-3-7-21)11-13-4-2-5-14(18)9-13/h2,4-5,8-10,21H,3,6-7,11H2,1H3,(H,19,22). The molecule has 0 atom stereocenters. The summed E-state index contributed by atoms with van der Waals surface area (Å²) in [6.07, 6.45) is 1.87. The van der Waals surface area contributed by atoms with E-state index in [1.54, 1.807) is 24.0 Å². The first-order valence-electron chi connectivity index (χ1n) is 7.35. The predicted octanol–water partition coefficient (Wildman–Crippen LogP) is 2.36. The van der Waals surface area contributed by atoms with Gasteiger partial charge in [-0.2, -0.15) is 0 Å². The van der Waals surface area contributed by atoms with Crippen LogP contribution in [0.1, 0.15) is 28.0 Å². The van der Waals surface area contributed by atoms with Crippen LogP contribution < -0.4 is 5.43 Å². The number of aromatic nitrogens is 1. The topological polar surface area (TPSA) is 73.4 Å². The Morgan fingerprint density at radius 2 is 2.13 bits per heavy atom. The lowest BCUT2D eigenvalue weighted by Crippen LogP contribution is -2.35. The summed E-state index contributed by atoms with van der Waals surface area (Å²) in [6.45, 7) is 2.41. The number of benzene rings is 1. The minimum atomic E-state index is -0.361. The Morgan fingerprint density at radius 3 is 2.78 bits per heavy atom. The zero-order valence-corrected chi connectivity index (χ0v) is 13.6. The number of nitrogens with one attached hydrogen (secondary N) is 1. The van der Waals surface area contributed by atoms with Gasteiger partial charge in [-0.25, -0.2) is 0 Å². The van der Waals surface area contributed by atoms with Crippen molar-refractivity contribution >= 4 is 17.5 Å². The van der Waals surface area contributed by atoms with Crippen molar-refractivity contribution in [1.29, 1.82) is 0 Å². The number of amides is 1. The number of nitrogens with zero attached hydrogens (tertiary/aromatic N) is 1. The van der Waals surface area contributed by atoms with Gasteiger partial charge < -0.3 is 15.0 Å². The third-order valence-electron chi connectivity index (χ3n) is 3.42. The quantitative estimate of drug-likeness (QED) is 0.851. The average Bonchev–Trinajstić information content (AvgIpc) is 2.51. The predicted molar refractivity (Wildman–Crippen MR) is 89.7 cm³/mol. The Kier molecular flexibility index (Phi) is 5.96. The molecule has 0 spiro atoms. The molecular weight excluding hydrogens is 316 g/mol. The molecule has 0 fully saturated rings. The highest BCUT2D eigenvalue weighted by Crippen LogP contribution is 2.14. The number of aryl methyl sites for hydroxylation is 1. The summed E-state index contributed by atoms with van der Waals surface area (Å²) >= 11 is 5.97. The number of aliphatic hydroxyl groups is 1. The highest BCUT2D eigenvalue weighted by atomic mass is 35.5. The van der Waals surface area contributed by atoms with E-state index in [9.17, 15) is 9.59 Å². The molecule has 0 aliphatic heterocycles. The van der Waals surface area contributed by atoms with Crippen LogP contribution in [-0.4, -0.2) is 34.0 Å². The molecule has 0 saturated carbocycles. The van der Waals surface area contributed by atoms with Crippen molar-refractivity contribution in [2.24, 2.45) is 0 Å². The van der Waals surface area contributed by atoms with Crippen LogP contribution in [0.25, 0.3) is 0 Å². The van der Waals surface area contributed by atoms with Gasteiger partial charge in [-0.1, -0.05) is 23.7 Å². The van der Waals surface area contributed by atoms with Crippen molar-refractivity contribution in [2.75, 3.05) is 13.2 Å². The Bertz CT molecular complexity index is 743. The zero-order chi connectivity index (χ0) is 16.8. The summed E-state index contributed by atoms with van der Waals surface area (Å²) in [5.41, 5.74) is 1.34.